The summed E-state index contributed by atoms with van der Waals surface area (Å²) in [4.78, 5) is 26.6. The molecule has 1 fully saturated rings. The van der Waals surface area contributed by atoms with E-state index in [0.717, 1.165) is 10.9 Å². The molecule has 1 aliphatic heterocycles. The first-order chi connectivity index (χ1) is 10.9. The monoisotopic (exact) mass is 332 g/mol. The van der Waals surface area contributed by atoms with Crippen LogP contribution in [0.5, 0.6) is 0 Å². The minimum Gasteiger partial charge on any atom is -0.349 e. The van der Waals surface area contributed by atoms with Gasteiger partial charge >= 0.3 is 0 Å². The van der Waals surface area contributed by atoms with Gasteiger partial charge in [-0.1, -0.05) is 18.2 Å². The summed E-state index contributed by atoms with van der Waals surface area (Å²) < 4.78 is 22.7. The third kappa shape index (κ3) is 3.68. The summed E-state index contributed by atoms with van der Waals surface area (Å²) >= 11 is 0. The van der Waals surface area contributed by atoms with Crippen LogP contribution < -0.4 is 10.9 Å². The number of para-hydroxylation sites is 1. The molecule has 0 spiro atoms. The molecular formula is C16H16N2O4S. The van der Waals surface area contributed by atoms with Gasteiger partial charge in [-0.15, -0.1) is 0 Å². The molecule has 1 aromatic heterocycles. The summed E-state index contributed by atoms with van der Waals surface area (Å²) in [6.45, 7) is 0. The first-order valence-corrected chi connectivity index (χ1v) is 9.06. The summed E-state index contributed by atoms with van der Waals surface area (Å²) in [6.07, 6.45) is 3.12. The van der Waals surface area contributed by atoms with Crippen LogP contribution in [0.1, 0.15) is 12.0 Å². The van der Waals surface area contributed by atoms with Gasteiger partial charge in [-0.2, -0.15) is 0 Å². The number of carbonyl (C=O) groups excluding carboxylic acids is 1. The van der Waals surface area contributed by atoms with Crippen molar-refractivity contribution in [3.63, 3.8) is 0 Å². The summed E-state index contributed by atoms with van der Waals surface area (Å²) in [7, 11) is -3.03. The largest absolute Gasteiger partial charge is 0.349 e. The van der Waals surface area contributed by atoms with Gasteiger partial charge in [0.1, 0.15) is 0 Å². The Labute approximate surface area is 133 Å². The van der Waals surface area contributed by atoms with E-state index in [1.807, 2.05) is 18.2 Å². The second kappa shape index (κ2) is 6.00. The van der Waals surface area contributed by atoms with Gasteiger partial charge in [0.2, 0.25) is 5.91 Å². The van der Waals surface area contributed by atoms with E-state index in [1.165, 1.54) is 12.2 Å². The fraction of sp³-hybridized carbons (Fsp3) is 0.250. The normalized spacial score (nSPS) is 20.1. The number of H-pyrrole nitrogens is 1. The minimum absolute atomic E-state index is 0.0247. The molecule has 1 aromatic carbocycles. The van der Waals surface area contributed by atoms with Gasteiger partial charge in [-0.3, -0.25) is 9.59 Å². The maximum absolute atomic E-state index is 12.0. The van der Waals surface area contributed by atoms with E-state index in [1.54, 1.807) is 12.1 Å². The molecule has 1 saturated heterocycles. The molecule has 0 bridgehead atoms. The average molecular weight is 332 g/mol. The molecule has 2 aromatic rings. The van der Waals surface area contributed by atoms with E-state index >= 15 is 0 Å². The number of hydrogen-bond donors (Lipinski definition) is 2. The number of hydrogen-bond acceptors (Lipinski definition) is 4. The lowest BCUT2D eigenvalue weighted by Gasteiger charge is -2.07. The standard InChI is InChI=1S/C16H16N2O4S/c19-15(17-13-7-8-23(21,22)10-13)6-5-12-9-11-3-1-2-4-14(11)18-16(12)20/h1-6,9,13H,7-8,10H2,(H,17,19)(H,18,20)/b6-5+. The first kappa shape index (κ1) is 15.5. The third-order valence-corrected chi connectivity index (χ3v) is 5.54. The Kier molecular flexibility index (Phi) is 4.04. The van der Waals surface area contributed by atoms with Crippen molar-refractivity contribution in [2.75, 3.05) is 11.5 Å². The molecule has 2 heterocycles. The van der Waals surface area contributed by atoms with E-state index < -0.39 is 15.7 Å². The van der Waals surface area contributed by atoms with E-state index in [4.69, 9.17) is 0 Å². The predicted octanol–water partition coefficient (Wildman–Crippen LogP) is 0.845. The number of aromatic nitrogens is 1. The highest BCUT2D eigenvalue weighted by Crippen LogP contribution is 2.12. The number of benzene rings is 1. The molecule has 7 heteroatoms. The number of nitrogens with one attached hydrogen (secondary N) is 2. The van der Waals surface area contributed by atoms with Crippen LogP contribution >= 0.6 is 0 Å². The summed E-state index contributed by atoms with van der Waals surface area (Å²) in [5, 5.41) is 3.51. The molecule has 23 heavy (non-hydrogen) atoms. The Morgan fingerprint density at radius 2 is 2.09 bits per heavy atom. The molecule has 120 valence electrons. The molecular weight excluding hydrogens is 316 g/mol. The molecule has 1 atom stereocenters. The lowest BCUT2D eigenvalue weighted by atomic mass is 10.1. The number of aromatic amines is 1. The summed E-state index contributed by atoms with van der Waals surface area (Å²) in [5.74, 6) is -0.325. The highest BCUT2D eigenvalue weighted by atomic mass is 32.2. The average Bonchev–Trinajstić information content (AvgIpc) is 2.84. The Morgan fingerprint density at radius 3 is 2.83 bits per heavy atom. The van der Waals surface area contributed by atoms with Crippen molar-refractivity contribution < 1.29 is 13.2 Å². The second-order valence-electron chi connectivity index (χ2n) is 5.58. The topological polar surface area (TPSA) is 96.1 Å². The molecule has 2 N–H and O–H groups in total. The lowest BCUT2D eigenvalue weighted by molar-refractivity contribution is -0.116. The number of fused-ring (bicyclic) bond motifs is 1. The number of amides is 1. The minimum atomic E-state index is -3.03. The fourth-order valence-corrected chi connectivity index (χ4v) is 4.29. The Bertz CT molecular complexity index is 944. The molecule has 0 saturated carbocycles. The predicted molar refractivity (Wildman–Crippen MR) is 88.8 cm³/mol. The smallest absolute Gasteiger partial charge is 0.255 e. The molecule has 1 amide bonds. The van der Waals surface area contributed by atoms with E-state index in [-0.39, 0.29) is 23.1 Å². The molecule has 6 nitrogen and oxygen atoms in total. The van der Waals surface area contributed by atoms with Crippen molar-refractivity contribution in [3.05, 3.63) is 52.3 Å². The zero-order valence-corrected chi connectivity index (χ0v) is 13.1. The van der Waals surface area contributed by atoms with Gasteiger partial charge in [-0.25, -0.2) is 8.42 Å². The summed E-state index contributed by atoms with van der Waals surface area (Å²) in [5.41, 5.74) is 0.823. The van der Waals surface area contributed by atoms with Crippen molar-refractivity contribution in [1.82, 2.24) is 10.3 Å². The van der Waals surface area contributed by atoms with Gasteiger partial charge in [0, 0.05) is 23.2 Å². The van der Waals surface area contributed by atoms with Crippen LogP contribution in [-0.2, 0) is 14.6 Å². The molecule has 3 rings (SSSR count). The number of carbonyl (C=O) groups is 1. The van der Waals surface area contributed by atoms with Crippen molar-refractivity contribution in [3.8, 4) is 0 Å². The van der Waals surface area contributed by atoms with Crippen LogP contribution in [-0.4, -0.2) is 36.9 Å². The Morgan fingerprint density at radius 1 is 1.30 bits per heavy atom. The van der Waals surface area contributed by atoms with Crippen LogP contribution in [0.25, 0.3) is 17.0 Å². The molecule has 1 aliphatic rings. The van der Waals surface area contributed by atoms with Crippen molar-refractivity contribution in [2.45, 2.75) is 12.5 Å². The van der Waals surface area contributed by atoms with Crippen LogP contribution in [0, 0.1) is 0 Å². The molecule has 1 unspecified atom stereocenters. The van der Waals surface area contributed by atoms with Crippen LogP contribution in [0.4, 0.5) is 0 Å². The maximum atomic E-state index is 12.0. The summed E-state index contributed by atoms with van der Waals surface area (Å²) in [6, 6.07) is 8.71. The third-order valence-electron chi connectivity index (χ3n) is 3.78. The van der Waals surface area contributed by atoms with E-state index in [2.05, 4.69) is 10.3 Å². The van der Waals surface area contributed by atoms with Crippen molar-refractivity contribution in [2.24, 2.45) is 0 Å². The molecule has 0 aliphatic carbocycles. The zero-order chi connectivity index (χ0) is 16.4. The molecule has 0 radical (unpaired) electrons. The number of pyridine rings is 1. The number of rotatable bonds is 3. The van der Waals surface area contributed by atoms with Crippen molar-refractivity contribution >= 4 is 32.7 Å². The van der Waals surface area contributed by atoms with Crippen LogP contribution in [0.3, 0.4) is 0 Å². The van der Waals surface area contributed by atoms with Gasteiger partial charge in [-0.05, 0) is 30.0 Å². The van der Waals surface area contributed by atoms with E-state index in [0.29, 0.717) is 12.0 Å². The van der Waals surface area contributed by atoms with Gasteiger partial charge in [0.15, 0.2) is 9.84 Å². The van der Waals surface area contributed by atoms with Crippen LogP contribution in [0.15, 0.2) is 41.2 Å². The Hall–Kier alpha value is -2.41. The van der Waals surface area contributed by atoms with Gasteiger partial charge in [0.25, 0.3) is 5.56 Å². The zero-order valence-electron chi connectivity index (χ0n) is 12.3. The van der Waals surface area contributed by atoms with Crippen LogP contribution in [0.2, 0.25) is 0 Å². The quantitative estimate of drug-likeness (QED) is 0.814. The highest BCUT2D eigenvalue weighted by Gasteiger charge is 2.28. The number of sulfone groups is 1. The highest BCUT2D eigenvalue weighted by molar-refractivity contribution is 7.91. The lowest BCUT2D eigenvalue weighted by Crippen LogP contribution is -2.34. The van der Waals surface area contributed by atoms with Gasteiger partial charge in [0.05, 0.1) is 11.5 Å². The van der Waals surface area contributed by atoms with Crippen molar-refractivity contribution in [1.29, 1.82) is 0 Å². The van der Waals surface area contributed by atoms with E-state index in [9.17, 15) is 18.0 Å². The fourth-order valence-electron chi connectivity index (χ4n) is 2.61. The maximum Gasteiger partial charge on any atom is 0.255 e. The Balaban J connectivity index is 1.73. The SMILES string of the molecule is O=C(/C=C/c1cc2ccccc2[nH]c1=O)NC1CCS(=O)(=O)C1. The second-order valence-corrected chi connectivity index (χ2v) is 7.81. The van der Waals surface area contributed by atoms with Gasteiger partial charge < -0.3 is 10.3 Å². The first-order valence-electron chi connectivity index (χ1n) is 7.24.